The number of nitrogens with zero attached hydrogens (tertiary/aromatic N) is 2. The number of halogens is 1. The van der Waals surface area contributed by atoms with Gasteiger partial charge < -0.3 is 4.98 Å². The number of hydrogen-bond donors (Lipinski definition) is 1. The minimum atomic E-state index is -0.0428. The van der Waals surface area contributed by atoms with Crippen molar-refractivity contribution in [3.8, 4) is 11.5 Å². The van der Waals surface area contributed by atoms with Crippen LogP contribution in [0.2, 0.25) is 0 Å². The number of pyridine rings is 1. The van der Waals surface area contributed by atoms with E-state index in [0.29, 0.717) is 10.5 Å². The van der Waals surface area contributed by atoms with Crippen molar-refractivity contribution < 1.29 is 0 Å². The molecule has 1 N–H and O–H groups in total. The summed E-state index contributed by atoms with van der Waals surface area (Å²) in [4.78, 5) is 12.0. The van der Waals surface area contributed by atoms with Crippen LogP contribution in [0.25, 0.3) is 11.5 Å². The largest absolute Gasteiger partial charge is 0.340 e. The average molecular weight is 324 g/mol. The van der Waals surface area contributed by atoms with Gasteiger partial charge in [-0.25, -0.2) is 4.98 Å². The summed E-state index contributed by atoms with van der Waals surface area (Å²) < 4.78 is 1.41. The second kappa shape index (κ2) is 4.90. The molecule has 0 saturated carbocycles. The van der Waals surface area contributed by atoms with Crippen LogP contribution in [0.4, 0.5) is 0 Å². The van der Waals surface area contributed by atoms with Crippen molar-refractivity contribution in [2.75, 3.05) is 0 Å². The quantitative estimate of drug-likeness (QED) is 0.797. The van der Waals surface area contributed by atoms with Gasteiger partial charge in [0.2, 0.25) is 0 Å². The molecule has 0 fully saturated rings. The summed E-state index contributed by atoms with van der Waals surface area (Å²) in [5.74, 6) is 0.703. The number of rotatable bonds is 1. The molecule has 2 heterocycles. The molecule has 0 amide bonds. The predicted molar refractivity (Wildman–Crippen MR) is 79.1 cm³/mol. The van der Waals surface area contributed by atoms with E-state index in [-0.39, 0.29) is 5.41 Å². The Labute approximate surface area is 120 Å². The van der Waals surface area contributed by atoms with Crippen molar-refractivity contribution in [3.63, 3.8) is 0 Å². The van der Waals surface area contributed by atoms with Gasteiger partial charge in [0, 0.05) is 17.3 Å². The fourth-order valence-corrected chi connectivity index (χ4v) is 2.58. The number of H-pyrrole nitrogens is 1. The van der Waals surface area contributed by atoms with E-state index in [4.69, 9.17) is 12.2 Å². The Balaban J connectivity index is 2.66. The zero-order valence-corrected chi connectivity index (χ0v) is 12.9. The molecule has 18 heavy (non-hydrogen) atoms. The molecule has 0 aromatic carbocycles. The minimum Gasteiger partial charge on any atom is -0.340 e. The van der Waals surface area contributed by atoms with E-state index >= 15 is 0 Å². The number of aromatic nitrogens is 3. The molecule has 5 heteroatoms. The molecule has 0 aliphatic carbocycles. The van der Waals surface area contributed by atoms with Crippen LogP contribution in [0.15, 0.2) is 28.9 Å². The molecule has 94 valence electrons. The number of nitrogens with one attached hydrogen (secondary N) is 1. The SMILES string of the molecule is CC(C)(C)c1[nH]c(-c2ccccn2)nc(=S)c1Br. The molecule has 2 aromatic rings. The molecule has 0 aliphatic heterocycles. The van der Waals surface area contributed by atoms with E-state index in [1.165, 1.54) is 0 Å². The van der Waals surface area contributed by atoms with Gasteiger partial charge in [0.15, 0.2) is 5.82 Å². The van der Waals surface area contributed by atoms with Crippen molar-refractivity contribution in [1.29, 1.82) is 0 Å². The van der Waals surface area contributed by atoms with Crippen molar-refractivity contribution in [3.05, 3.63) is 39.2 Å². The van der Waals surface area contributed by atoms with Crippen LogP contribution in [-0.4, -0.2) is 15.0 Å². The van der Waals surface area contributed by atoms with Crippen LogP contribution in [0.1, 0.15) is 26.5 Å². The maximum absolute atomic E-state index is 5.29. The van der Waals surface area contributed by atoms with E-state index < -0.39 is 0 Å². The Hall–Kier alpha value is -1.07. The Morgan fingerprint density at radius 3 is 2.56 bits per heavy atom. The highest BCUT2D eigenvalue weighted by Gasteiger charge is 2.20. The van der Waals surface area contributed by atoms with Crippen LogP contribution in [0.3, 0.4) is 0 Å². The Morgan fingerprint density at radius 2 is 2.00 bits per heavy atom. The van der Waals surface area contributed by atoms with E-state index in [9.17, 15) is 0 Å². The average Bonchev–Trinajstić information content (AvgIpc) is 2.32. The van der Waals surface area contributed by atoms with Gasteiger partial charge in [0.25, 0.3) is 0 Å². The van der Waals surface area contributed by atoms with Crippen molar-refractivity contribution in [2.24, 2.45) is 0 Å². The highest BCUT2D eigenvalue weighted by molar-refractivity contribution is 9.10. The van der Waals surface area contributed by atoms with E-state index in [1.54, 1.807) is 6.20 Å². The normalized spacial score (nSPS) is 11.6. The molecule has 0 aliphatic rings. The lowest BCUT2D eigenvalue weighted by Gasteiger charge is -2.21. The van der Waals surface area contributed by atoms with E-state index in [0.717, 1.165) is 15.9 Å². The molecule has 3 nitrogen and oxygen atoms in total. The maximum atomic E-state index is 5.29. The first-order chi connectivity index (χ1) is 8.39. The Morgan fingerprint density at radius 1 is 1.28 bits per heavy atom. The van der Waals surface area contributed by atoms with Gasteiger partial charge in [-0.2, -0.15) is 0 Å². The molecule has 0 spiro atoms. The summed E-state index contributed by atoms with van der Waals surface area (Å²) >= 11 is 8.80. The maximum Gasteiger partial charge on any atom is 0.157 e. The first-order valence-corrected chi connectivity index (χ1v) is 6.81. The van der Waals surface area contributed by atoms with Gasteiger partial charge in [-0.3, -0.25) is 4.98 Å². The lowest BCUT2D eigenvalue weighted by molar-refractivity contribution is 0.563. The monoisotopic (exact) mass is 323 g/mol. The molecular formula is C13H14BrN3S. The highest BCUT2D eigenvalue weighted by Crippen LogP contribution is 2.29. The number of aromatic amines is 1. The predicted octanol–water partition coefficient (Wildman–Crippen LogP) is 4.26. The Kier molecular flexibility index (Phi) is 3.64. The lowest BCUT2D eigenvalue weighted by atomic mass is 9.92. The molecule has 0 unspecified atom stereocenters. The topological polar surface area (TPSA) is 41.6 Å². The smallest absolute Gasteiger partial charge is 0.157 e. The minimum absolute atomic E-state index is 0.0428. The third-order valence-electron chi connectivity index (χ3n) is 2.52. The van der Waals surface area contributed by atoms with Crippen LogP contribution in [0.5, 0.6) is 0 Å². The zero-order valence-electron chi connectivity index (χ0n) is 10.5. The molecule has 0 atom stereocenters. The molecule has 0 saturated heterocycles. The van der Waals surface area contributed by atoms with Crippen molar-refractivity contribution in [2.45, 2.75) is 26.2 Å². The van der Waals surface area contributed by atoms with Crippen molar-refractivity contribution >= 4 is 28.1 Å². The van der Waals surface area contributed by atoms with E-state index in [1.807, 2.05) is 18.2 Å². The fourth-order valence-electron chi connectivity index (χ4n) is 1.60. The zero-order chi connectivity index (χ0) is 13.3. The summed E-state index contributed by atoms with van der Waals surface area (Å²) in [6, 6.07) is 5.72. The molecule has 0 radical (unpaired) electrons. The van der Waals surface area contributed by atoms with Gasteiger partial charge in [0.05, 0.1) is 4.47 Å². The first-order valence-electron chi connectivity index (χ1n) is 5.61. The van der Waals surface area contributed by atoms with Crippen LogP contribution < -0.4 is 0 Å². The second-order valence-electron chi connectivity index (χ2n) is 5.04. The Bertz CT molecular complexity index is 614. The third kappa shape index (κ3) is 2.67. The summed E-state index contributed by atoms with van der Waals surface area (Å²) in [5, 5.41) is 0. The van der Waals surface area contributed by atoms with Crippen molar-refractivity contribution in [1.82, 2.24) is 15.0 Å². The molecule has 0 bridgehead atoms. The molecule has 2 rings (SSSR count). The summed E-state index contributed by atoms with van der Waals surface area (Å²) in [7, 11) is 0. The van der Waals surface area contributed by atoms with Gasteiger partial charge in [0.1, 0.15) is 10.3 Å². The number of hydrogen-bond acceptors (Lipinski definition) is 3. The highest BCUT2D eigenvalue weighted by atomic mass is 79.9. The van der Waals surface area contributed by atoms with Crippen LogP contribution in [-0.2, 0) is 5.41 Å². The van der Waals surface area contributed by atoms with Crippen LogP contribution >= 0.6 is 28.1 Å². The lowest BCUT2D eigenvalue weighted by Crippen LogP contribution is -2.16. The summed E-state index contributed by atoms with van der Waals surface area (Å²) in [6.07, 6.45) is 1.74. The summed E-state index contributed by atoms with van der Waals surface area (Å²) in [6.45, 7) is 6.38. The fraction of sp³-hybridized carbons (Fsp3) is 0.308. The second-order valence-corrected chi connectivity index (χ2v) is 6.22. The first kappa shape index (κ1) is 13.4. The third-order valence-corrected chi connectivity index (χ3v) is 3.85. The van der Waals surface area contributed by atoms with Gasteiger partial charge in [-0.05, 0) is 28.1 Å². The van der Waals surface area contributed by atoms with Gasteiger partial charge >= 0.3 is 0 Å². The van der Waals surface area contributed by atoms with Gasteiger partial charge in [-0.15, -0.1) is 0 Å². The molecular weight excluding hydrogens is 310 g/mol. The molecule has 2 aromatic heterocycles. The van der Waals surface area contributed by atoms with Crippen LogP contribution in [0, 0.1) is 4.64 Å². The standard InChI is InChI=1S/C13H14BrN3S/c1-13(2,3)10-9(14)12(18)17-11(16-10)8-6-4-5-7-15-8/h4-7H,1-3H3,(H,16,17,18). The van der Waals surface area contributed by atoms with E-state index in [2.05, 4.69) is 51.7 Å². The van der Waals surface area contributed by atoms with Gasteiger partial charge in [-0.1, -0.05) is 39.1 Å². The summed E-state index contributed by atoms with van der Waals surface area (Å²) in [5.41, 5.74) is 1.78.